The molecule has 5 rings (SSSR count). The van der Waals surface area contributed by atoms with Crippen LogP contribution in [0.3, 0.4) is 0 Å². The molecule has 2 N–H and O–H groups in total. The predicted octanol–water partition coefficient (Wildman–Crippen LogP) is 6.28. The number of nitrogens with zero attached hydrogens (tertiary/aromatic N) is 1. The van der Waals surface area contributed by atoms with Crippen molar-refractivity contribution in [2.75, 3.05) is 19.6 Å². The smallest absolute Gasteiger partial charge is 0.116 e. The summed E-state index contributed by atoms with van der Waals surface area (Å²) in [5.41, 5.74) is 5.28. The maximum absolute atomic E-state index is 9.90. The summed E-state index contributed by atoms with van der Waals surface area (Å²) in [7, 11) is 0. The maximum Gasteiger partial charge on any atom is 0.116 e. The zero-order chi connectivity index (χ0) is 21.0. The van der Waals surface area contributed by atoms with Crippen molar-refractivity contribution in [3.05, 3.63) is 102 Å². The molecule has 1 saturated heterocycles. The molecule has 1 aliphatic heterocycles. The van der Waals surface area contributed by atoms with Gasteiger partial charge < -0.3 is 15.0 Å². The summed E-state index contributed by atoms with van der Waals surface area (Å²) in [6, 6.07) is 27.5. The monoisotopic (exact) mass is 410 g/mol. The van der Waals surface area contributed by atoms with E-state index in [0.29, 0.717) is 17.6 Å². The first-order valence-electron chi connectivity index (χ1n) is 11.4. The van der Waals surface area contributed by atoms with E-state index >= 15 is 0 Å². The second-order valence-electron chi connectivity index (χ2n) is 8.75. The molecule has 31 heavy (non-hydrogen) atoms. The number of hydrogen-bond donors (Lipinski definition) is 2. The Kier molecular flexibility index (Phi) is 5.77. The van der Waals surface area contributed by atoms with Crippen molar-refractivity contribution in [3.8, 4) is 5.75 Å². The molecule has 2 heterocycles. The van der Waals surface area contributed by atoms with Gasteiger partial charge in [-0.1, -0.05) is 60.7 Å². The average molecular weight is 411 g/mol. The summed E-state index contributed by atoms with van der Waals surface area (Å²) < 4.78 is 0. The lowest BCUT2D eigenvalue weighted by molar-refractivity contribution is 0.208. The van der Waals surface area contributed by atoms with Gasteiger partial charge in [-0.25, -0.2) is 0 Å². The summed E-state index contributed by atoms with van der Waals surface area (Å²) in [6.07, 6.45) is 5.62. The molecule has 3 heteroatoms. The van der Waals surface area contributed by atoms with Gasteiger partial charge in [0.25, 0.3) is 0 Å². The van der Waals surface area contributed by atoms with Gasteiger partial charge in [-0.05, 0) is 79.7 Å². The zero-order valence-corrected chi connectivity index (χ0v) is 17.9. The van der Waals surface area contributed by atoms with Gasteiger partial charge >= 0.3 is 0 Å². The van der Waals surface area contributed by atoms with Gasteiger partial charge in [0.1, 0.15) is 5.75 Å². The summed E-state index contributed by atoms with van der Waals surface area (Å²) in [4.78, 5) is 6.00. The molecule has 0 unspecified atom stereocenters. The molecule has 0 spiro atoms. The number of phenolic OH excluding ortho intramolecular Hbond substituents is 1. The van der Waals surface area contributed by atoms with Crippen LogP contribution < -0.4 is 0 Å². The van der Waals surface area contributed by atoms with Gasteiger partial charge in [-0.3, -0.25) is 0 Å². The highest BCUT2D eigenvalue weighted by atomic mass is 16.3. The average Bonchev–Trinajstić information content (AvgIpc) is 3.24. The number of phenols is 1. The number of aromatic nitrogens is 1. The van der Waals surface area contributed by atoms with Crippen molar-refractivity contribution in [1.29, 1.82) is 0 Å². The van der Waals surface area contributed by atoms with Gasteiger partial charge in [0.05, 0.1) is 0 Å². The summed E-state index contributed by atoms with van der Waals surface area (Å²) in [6.45, 7) is 3.38. The first-order valence-corrected chi connectivity index (χ1v) is 11.4. The number of fused-ring (bicyclic) bond motifs is 1. The van der Waals surface area contributed by atoms with Crippen molar-refractivity contribution in [1.82, 2.24) is 9.88 Å². The standard InChI is InChI=1S/C28H30N2O/c31-24-11-12-28-26(19-24)27(20-29-28)23-13-16-30(17-14-23)18-15-25(21-7-3-1-4-8-21)22-9-5-2-6-10-22/h1-12,19-20,23,25,29,31H,13-18H2. The number of likely N-dealkylation sites (tertiary alicyclic amines) is 1. The Morgan fingerprint density at radius 1 is 0.871 bits per heavy atom. The number of H-pyrrole nitrogens is 1. The fraction of sp³-hybridized carbons (Fsp3) is 0.286. The molecule has 0 saturated carbocycles. The number of aromatic hydroxyl groups is 1. The molecule has 0 aliphatic carbocycles. The third kappa shape index (κ3) is 4.38. The number of piperidine rings is 1. The van der Waals surface area contributed by atoms with Crippen molar-refractivity contribution in [3.63, 3.8) is 0 Å². The van der Waals surface area contributed by atoms with Crippen LogP contribution in [0.25, 0.3) is 10.9 Å². The van der Waals surface area contributed by atoms with Crippen LogP contribution in [0.4, 0.5) is 0 Å². The number of aromatic amines is 1. The number of rotatable bonds is 6. The van der Waals surface area contributed by atoms with Crippen molar-refractivity contribution < 1.29 is 5.11 Å². The number of hydrogen-bond acceptors (Lipinski definition) is 2. The van der Waals surface area contributed by atoms with Crippen LogP contribution in [0.5, 0.6) is 5.75 Å². The van der Waals surface area contributed by atoms with Crippen LogP contribution in [-0.4, -0.2) is 34.6 Å². The van der Waals surface area contributed by atoms with Crippen molar-refractivity contribution >= 4 is 10.9 Å². The van der Waals surface area contributed by atoms with E-state index in [1.54, 1.807) is 6.07 Å². The molecule has 3 aromatic carbocycles. The van der Waals surface area contributed by atoms with Crippen LogP contribution in [0.2, 0.25) is 0 Å². The third-order valence-electron chi connectivity index (χ3n) is 6.86. The molecule has 0 amide bonds. The van der Waals surface area contributed by atoms with E-state index in [0.717, 1.165) is 31.6 Å². The second-order valence-corrected chi connectivity index (χ2v) is 8.75. The Morgan fingerprint density at radius 2 is 1.52 bits per heavy atom. The number of nitrogens with one attached hydrogen (secondary N) is 1. The van der Waals surface area contributed by atoms with Crippen LogP contribution in [0.15, 0.2) is 85.1 Å². The van der Waals surface area contributed by atoms with E-state index < -0.39 is 0 Å². The molecule has 4 aromatic rings. The minimum absolute atomic E-state index is 0.346. The lowest BCUT2D eigenvalue weighted by Crippen LogP contribution is -2.34. The molecule has 0 atom stereocenters. The normalized spacial score (nSPS) is 15.6. The molecule has 1 fully saturated rings. The van der Waals surface area contributed by atoms with Gasteiger partial charge in [-0.15, -0.1) is 0 Å². The Bertz CT molecular complexity index is 1070. The topological polar surface area (TPSA) is 39.3 Å². The van der Waals surface area contributed by atoms with E-state index in [9.17, 15) is 5.11 Å². The van der Waals surface area contributed by atoms with E-state index in [2.05, 4.69) is 76.7 Å². The fourth-order valence-corrected chi connectivity index (χ4v) is 5.14. The zero-order valence-electron chi connectivity index (χ0n) is 17.9. The minimum atomic E-state index is 0.346. The SMILES string of the molecule is Oc1ccc2[nH]cc(C3CCN(CCC(c4ccccc4)c4ccccc4)CC3)c2c1. The van der Waals surface area contributed by atoms with E-state index in [-0.39, 0.29) is 0 Å². The third-order valence-corrected chi connectivity index (χ3v) is 6.86. The van der Waals surface area contributed by atoms with Crippen LogP contribution in [0, 0.1) is 0 Å². The Hall–Kier alpha value is -3.04. The highest BCUT2D eigenvalue weighted by Gasteiger charge is 2.24. The summed E-state index contributed by atoms with van der Waals surface area (Å²) in [5.74, 6) is 1.35. The van der Waals surface area contributed by atoms with Crippen molar-refractivity contribution in [2.45, 2.75) is 31.1 Å². The van der Waals surface area contributed by atoms with E-state index in [1.165, 1.54) is 34.9 Å². The molecule has 1 aromatic heterocycles. The Morgan fingerprint density at radius 3 is 2.16 bits per heavy atom. The van der Waals surface area contributed by atoms with Crippen LogP contribution in [0.1, 0.15) is 47.8 Å². The predicted molar refractivity (Wildman–Crippen MR) is 128 cm³/mol. The molecule has 3 nitrogen and oxygen atoms in total. The van der Waals surface area contributed by atoms with E-state index in [4.69, 9.17) is 0 Å². The lowest BCUT2D eigenvalue weighted by atomic mass is 9.87. The fourth-order valence-electron chi connectivity index (χ4n) is 5.14. The van der Waals surface area contributed by atoms with Gasteiger partial charge in [0.15, 0.2) is 0 Å². The Balaban J connectivity index is 1.24. The molecule has 0 radical (unpaired) electrons. The summed E-state index contributed by atoms with van der Waals surface area (Å²) in [5, 5.41) is 11.1. The Labute approximate surface area is 184 Å². The molecular weight excluding hydrogens is 380 g/mol. The summed E-state index contributed by atoms with van der Waals surface area (Å²) >= 11 is 0. The van der Waals surface area contributed by atoms with Crippen molar-refractivity contribution in [2.24, 2.45) is 0 Å². The molecule has 158 valence electrons. The molecular formula is C28H30N2O. The minimum Gasteiger partial charge on any atom is -0.508 e. The van der Waals surface area contributed by atoms with Gasteiger partial charge in [-0.2, -0.15) is 0 Å². The van der Waals surface area contributed by atoms with Crippen LogP contribution in [-0.2, 0) is 0 Å². The van der Waals surface area contributed by atoms with Crippen LogP contribution >= 0.6 is 0 Å². The lowest BCUT2D eigenvalue weighted by Gasteiger charge is -2.33. The number of benzene rings is 3. The van der Waals surface area contributed by atoms with Gasteiger partial charge in [0, 0.05) is 23.0 Å². The molecule has 0 bridgehead atoms. The maximum atomic E-state index is 9.90. The highest BCUT2D eigenvalue weighted by molar-refractivity contribution is 5.85. The highest BCUT2D eigenvalue weighted by Crippen LogP contribution is 2.35. The quantitative estimate of drug-likeness (QED) is 0.393. The molecule has 1 aliphatic rings. The van der Waals surface area contributed by atoms with E-state index in [1.807, 2.05) is 12.1 Å². The van der Waals surface area contributed by atoms with Gasteiger partial charge in [0.2, 0.25) is 0 Å². The first kappa shape index (κ1) is 19.9. The second kappa shape index (κ2) is 8.99. The largest absolute Gasteiger partial charge is 0.508 e. The first-order chi connectivity index (χ1) is 15.3.